The molecular formula is C14H17F3N2O3S. The molecule has 1 aromatic rings. The number of halogens is 3. The number of sulfonamides is 1. The molecule has 2 rings (SSSR count). The van der Waals surface area contributed by atoms with Crippen molar-refractivity contribution in [3.63, 3.8) is 0 Å². The first-order chi connectivity index (χ1) is 10.8. The summed E-state index contributed by atoms with van der Waals surface area (Å²) in [6, 6.07) is 5.72. The maximum atomic E-state index is 13.1. The Morgan fingerprint density at radius 3 is 2.65 bits per heavy atom. The maximum Gasteiger partial charge on any atom is 0.395 e. The number of alkyl halides is 3. The van der Waals surface area contributed by atoms with Gasteiger partial charge in [0.05, 0.1) is 17.4 Å². The van der Waals surface area contributed by atoms with Crippen LogP contribution >= 0.6 is 0 Å². The van der Waals surface area contributed by atoms with Gasteiger partial charge in [0.25, 0.3) is 0 Å². The zero-order valence-electron chi connectivity index (χ0n) is 12.2. The summed E-state index contributed by atoms with van der Waals surface area (Å²) in [5, 5.41) is 2.36. The van der Waals surface area contributed by atoms with Crippen LogP contribution in [-0.2, 0) is 14.8 Å². The van der Waals surface area contributed by atoms with E-state index in [4.69, 9.17) is 0 Å². The molecule has 1 N–H and O–H groups in total. The highest BCUT2D eigenvalue weighted by molar-refractivity contribution is 7.92. The molecule has 1 aromatic carbocycles. The number of carbonyl (C=O) groups excluding carboxylic acids is 1. The Morgan fingerprint density at radius 2 is 2.00 bits per heavy atom. The lowest BCUT2D eigenvalue weighted by molar-refractivity contribution is -0.151. The molecule has 0 aliphatic carbocycles. The van der Waals surface area contributed by atoms with Gasteiger partial charge in [-0.05, 0) is 24.5 Å². The summed E-state index contributed by atoms with van der Waals surface area (Å²) in [5.74, 6) is -1.89. The topological polar surface area (TPSA) is 66.5 Å². The van der Waals surface area contributed by atoms with Gasteiger partial charge >= 0.3 is 6.18 Å². The highest BCUT2D eigenvalue weighted by atomic mass is 32.2. The molecule has 0 bridgehead atoms. The number of hydrogen-bond acceptors (Lipinski definition) is 3. The number of fused-ring (bicyclic) bond motifs is 1. The number of rotatable bonds is 6. The first kappa shape index (κ1) is 17.6. The van der Waals surface area contributed by atoms with E-state index in [1.165, 1.54) is 24.3 Å². The fourth-order valence-electron chi connectivity index (χ4n) is 2.69. The molecule has 0 saturated heterocycles. The fourth-order valence-corrected chi connectivity index (χ4v) is 4.27. The van der Waals surface area contributed by atoms with Gasteiger partial charge in [-0.2, -0.15) is 13.2 Å². The van der Waals surface area contributed by atoms with Crippen molar-refractivity contribution < 1.29 is 26.4 Å². The molecule has 1 unspecified atom stereocenters. The first-order valence-corrected chi connectivity index (χ1v) is 8.71. The van der Waals surface area contributed by atoms with Crippen LogP contribution in [0.2, 0.25) is 0 Å². The van der Waals surface area contributed by atoms with Gasteiger partial charge in [-0.1, -0.05) is 18.2 Å². The number of nitrogens with one attached hydrogen (secondary N) is 1. The molecule has 1 amide bonds. The highest BCUT2D eigenvalue weighted by Gasteiger charge is 2.45. The van der Waals surface area contributed by atoms with Gasteiger partial charge in [0.1, 0.15) is 0 Å². The van der Waals surface area contributed by atoms with Crippen molar-refractivity contribution in [2.75, 3.05) is 23.1 Å². The van der Waals surface area contributed by atoms with Gasteiger partial charge in [-0.15, -0.1) is 0 Å². The van der Waals surface area contributed by atoms with Crippen LogP contribution < -0.4 is 9.62 Å². The predicted molar refractivity (Wildman–Crippen MR) is 79.7 cm³/mol. The average molecular weight is 350 g/mol. The Bertz CT molecular complexity index is 661. The summed E-state index contributed by atoms with van der Waals surface area (Å²) in [5.41, 5.74) is 0.0743. The second-order valence-electron chi connectivity index (χ2n) is 5.26. The minimum Gasteiger partial charge on any atom is -0.359 e. The Kier molecular flexibility index (Phi) is 5.18. The van der Waals surface area contributed by atoms with Crippen LogP contribution in [0, 0.1) is 0 Å². The lowest BCUT2D eigenvalue weighted by Gasteiger charge is -2.35. The van der Waals surface area contributed by atoms with Crippen LogP contribution in [0.5, 0.6) is 0 Å². The summed E-state index contributed by atoms with van der Waals surface area (Å²) in [6.07, 6.45) is -4.04. The number of benzene rings is 1. The van der Waals surface area contributed by atoms with Crippen LogP contribution in [0.15, 0.2) is 24.3 Å². The Hall–Kier alpha value is -1.77. The molecule has 1 aliphatic rings. The van der Waals surface area contributed by atoms with E-state index in [9.17, 15) is 26.4 Å². The van der Waals surface area contributed by atoms with Crippen molar-refractivity contribution in [2.24, 2.45) is 0 Å². The third kappa shape index (κ3) is 3.95. The quantitative estimate of drug-likeness (QED) is 0.630. The van der Waals surface area contributed by atoms with Crippen LogP contribution in [0.25, 0.3) is 0 Å². The molecule has 0 radical (unpaired) electrons. The average Bonchev–Trinajstić information content (AvgIpc) is 2.49. The molecule has 0 spiro atoms. The molecule has 128 valence electrons. The van der Waals surface area contributed by atoms with Crippen LogP contribution in [0.1, 0.15) is 24.3 Å². The maximum absolute atomic E-state index is 13.1. The van der Waals surface area contributed by atoms with Gasteiger partial charge in [-0.25, -0.2) is 8.42 Å². The van der Waals surface area contributed by atoms with E-state index in [2.05, 4.69) is 5.32 Å². The molecule has 5 nitrogen and oxygen atoms in total. The molecule has 0 fully saturated rings. The Morgan fingerprint density at radius 1 is 1.30 bits per heavy atom. The molecule has 1 heterocycles. The summed E-state index contributed by atoms with van der Waals surface area (Å²) < 4.78 is 65.2. The summed E-state index contributed by atoms with van der Waals surface area (Å²) in [7, 11) is -3.74. The lowest BCUT2D eigenvalue weighted by atomic mass is 9.90. The zero-order valence-corrected chi connectivity index (χ0v) is 13.0. The highest BCUT2D eigenvalue weighted by Crippen LogP contribution is 2.45. The minimum atomic E-state index is -4.40. The molecule has 9 heteroatoms. The number of nitrogens with zero attached hydrogens (tertiary/aromatic N) is 1. The predicted octanol–water partition coefficient (Wildman–Crippen LogP) is 2.01. The molecule has 23 heavy (non-hydrogen) atoms. The second kappa shape index (κ2) is 6.77. The standard InChI is InChI=1S/C14H17F3N2O3S/c15-14(16,17)12-6-8-19(13-5-2-1-4-11(12)13)23(21,22)9-3-7-18-10-20/h1-2,4-5,10,12H,3,6-9H2,(H,18,20). The molecule has 1 atom stereocenters. The van der Waals surface area contributed by atoms with Crippen LogP contribution in [-0.4, -0.2) is 39.8 Å². The normalized spacial score (nSPS) is 18.4. The van der Waals surface area contributed by atoms with E-state index in [0.29, 0.717) is 6.41 Å². The minimum absolute atomic E-state index is 0.0131. The van der Waals surface area contributed by atoms with E-state index in [1.54, 1.807) is 0 Å². The monoisotopic (exact) mass is 350 g/mol. The molecule has 0 aromatic heterocycles. The Labute approximate surface area is 132 Å². The smallest absolute Gasteiger partial charge is 0.359 e. The third-order valence-electron chi connectivity index (χ3n) is 3.74. The number of hydrogen-bond donors (Lipinski definition) is 1. The van der Waals surface area contributed by atoms with E-state index in [0.717, 1.165) is 4.31 Å². The second-order valence-corrected chi connectivity index (χ2v) is 7.27. The van der Waals surface area contributed by atoms with Crippen molar-refractivity contribution in [1.82, 2.24) is 5.32 Å². The third-order valence-corrected chi connectivity index (χ3v) is 5.59. The fraction of sp³-hybridized carbons (Fsp3) is 0.500. The molecule has 1 aliphatic heterocycles. The number of para-hydroxylation sites is 1. The van der Waals surface area contributed by atoms with E-state index >= 15 is 0 Å². The summed E-state index contributed by atoms with van der Waals surface area (Å²) >= 11 is 0. The van der Waals surface area contributed by atoms with Gasteiger partial charge < -0.3 is 5.32 Å². The number of amides is 1. The Balaban J connectivity index is 2.26. The van der Waals surface area contributed by atoms with E-state index in [1.807, 2.05) is 0 Å². The lowest BCUT2D eigenvalue weighted by Crippen LogP contribution is -2.41. The summed E-state index contributed by atoms with van der Waals surface area (Å²) in [6.45, 7) is -0.00593. The van der Waals surface area contributed by atoms with Gasteiger partial charge in [0.2, 0.25) is 16.4 Å². The number of carbonyl (C=O) groups is 1. The first-order valence-electron chi connectivity index (χ1n) is 7.10. The molecule has 0 saturated carbocycles. The van der Waals surface area contributed by atoms with Gasteiger partial charge in [0, 0.05) is 13.1 Å². The van der Waals surface area contributed by atoms with Crippen molar-refractivity contribution in [3.8, 4) is 0 Å². The molecular weight excluding hydrogens is 333 g/mol. The van der Waals surface area contributed by atoms with E-state index < -0.39 is 22.1 Å². The van der Waals surface area contributed by atoms with Gasteiger partial charge in [0.15, 0.2) is 0 Å². The van der Waals surface area contributed by atoms with Crippen molar-refractivity contribution >= 4 is 22.1 Å². The van der Waals surface area contributed by atoms with Gasteiger partial charge in [-0.3, -0.25) is 9.10 Å². The van der Waals surface area contributed by atoms with Crippen LogP contribution in [0.3, 0.4) is 0 Å². The largest absolute Gasteiger partial charge is 0.395 e. The zero-order chi connectivity index (χ0) is 17.1. The van der Waals surface area contributed by atoms with Crippen molar-refractivity contribution in [3.05, 3.63) is 29.8 Å². The van der Waals surface area contributed by atoms with Crippen molar-refractivity contribution in [2.45, 2.75) is 24.9 Å². The SMILES string of the molecule is O=CNCCCS(=O)(=O)N1CCC(C(F)(F)F)c2ccccc21. The van der Waals surface area contributed by atoms with Crippen LogP contribution in [0.4, 0.5) is 18.9 Å². The van der Waals surface area contributed by atoms with Crippen molar-refractivity contribution in [1.29, 1.82) is 0 Å². The van der Waals surface area contributed by atoms with E-state index in [-0.39, 0.29) is 42.9 Å². The number of anilines is 1. The summed E-state index contributed by atoms with van der Waals surface area (Å²) in [4.78, 5) is 10.1.